The molecule has 2 aliphatic heterocycles. The van der Waals surface area contributed by atoms with Gasteiger partial charge in [0, 0.05) is 38.3 Å². The number of carbonyl (C=O) groups excluding carboxylic acids is 1. The second kappa shape index (κ2) is 12.2. The molecule has 1 aromatic heterocycles. The topological polar surface area (TPSA) is 98.8 Å². The SMILES string of the molecule is C/C=C\C(CCNC(=O)c1cn2c3c(c(N4CCC(N)C4)c(F)cc3c1=O)OC1=CC3=CC=CC=C(C=C12)C3)=C(/CC)OC. The Morgan fingerprint density at radius 1 is 1.25 bits per heavy atom. The highest BCUT2D eigenvalue weighted by molar-refractivity contribution is 6.02. The highest BCUT2D eigenvalue weighted by Crippen LogP contribution is 2.46. The van der Waals surface area contributed by atoms with Crippen molar-refractivity contribution in [3.8, 4) is 5.75 Å². The minimum absolute atomic E-state index is 0.0718. The van der Waals surface area contributed by atoms with E-state index in [0.717, 1.165) is 35.3 Å². The quantitative estimate of drug-likeness (QED) is 0.303. The number of halogens is 1. The van der Waals surface area contributed by atoms with Gasteiger partial charge in [-0.25, -0.2) is 4.39 Å². The van der Waals surface area contributed by atoms with E-state index >= 15 is 4.39 Å². The van der Waals surface area contributed by atoms with E-state index in [0.29, 0.717) is 49.4 Å². The van der Waals surface area contributed by atoms with Crippen LogP contribution < -0.4 is 26.1 Å². The fourth-order valence-electron chi connectivity index (χ4n) is 6.35. The van der Waals surface area contributed by atoms with Crippen molar-refractivity contribution < 1.29 is 18.7 Å². The number of fused-ring (bicyclic) bond motifs is 4. The molecule has 6 rings (SSSR count). The number of benzene rings is 1. The van der Waals surface area contributed by atoms with Crippen molar-refractivity contribution in [2.45, 2.75) is 45.6 Å². The van der Waals surface area contributed by atoms with Gasteiger partial charge in [-0.15, -0.1) is 0 Å². The zero-order valence-electron chi connectivity index (χ0n) is 25.3. The number of nitrogens with zero attached hydrogens (tertiary/aromatic N) is 2. The van der Waals surface area contributed by atoms with Crippen LogP contribution in [0.25, 0.3) is 16.6 Å². The van der Waals surface area contributed by atoms with E-state index in [2.05, 4.69) is 5.32 Å². The number of nitrogens with two attached hydrogens (primary N) is 1. The van der Waals surface area contributed by atoms with Crippen LogP contribution >= 0.6 is 0 Å². The molecule has 0 radical (unpaired) electrons. The van der Waals surface area contributed by atoms with E-state index in [9.17, 15) is 9.59 Å². The summed E-state index contributed by atoms with van der Waals surface area (Å²) in [4.78, 5) is 29.3. The van der Waals surface area contributed by atoms with Crippen LogP contribution in [0.5, 0.6) is 5.75 Å². The van der Waals surface area contributed by atoms with E-state index < -0.39 is 17.2 Å². The first-order chi connectivity index (χ1) is 21.3. The summed E-state index contributed by atoms with van der Waals surface area (Å²) in [6, 6.07) is 1.14. The third-order valence-electron chi connectivity index (χ3n) is 8.43. The summed E-state index contributed by atoms with van der Waals surface area (Å²) in [5, 5.41) is 2.98. The minimum atomic E-state index is -0.586. The number of nitrogens with one attached hydrogen (secondary N) is 1. The maximum Gasteiger partial charge on any atom is 0.256 e. The lowest BCUT2D eigenvalue weighted by atomic mass is 10.0. The molecule has 2 aromatic rings. The Morgan fingerprint density at radius 3 is 2.70 bits per heavy atom. The van der Waals surface area contributed by atoms with Gasteiger partial charge >= 0.3 is 0 Å². The van der Waals surface area contributed by atoms with Gasteiger partial charge in [-0.05, 0) is 61.1 Å². The fraction of sp³-hybridized carbons (Fsp3) is 0.314. The maximum atomic E-state index is 16.0. The van der Waals surface area contributed by atoms with E-state index in [1.54, 1.807) is 13.3 Å². The standard InChI is InChI=1S/C35H37FN4O4/c1-4-8-23(29(5-2)43-3)11-13-38-35(42)26-20-40-28-16-21-9-6-7-10-22(15-21)17-30(28)44-34-31(40)25(33(26)41)18-27(36)32(34)39-14-12-24(37)19-39/h4,6-10,16-18,20,24H,5,11-15,19,37H2,1-3H3,(H,38,42)/b8-4-,29-23-. The summed E-state index contributed by atoms with van der Waals surface area (Å²) in [6.45, 7) is 5.27. The Bertz CT molecular complexity index is 1820. The average Bonchev–Trinajstić information content (AvgIpc) is 3.19. The van der Waals surface area contributed by atoms with Crippen molar-refractivity contribution in [1.82, 2.24) is 9.88 Å². The van der Waals surface area contributed by atoms with Gasteiger partial charge < -0.3 is 30.0 Å². The Kier molecular flexibility index (Phi) is 8.14. The molecule has 1 aromatic carbocycles. The number of pyridine rings is 1. The first-order valence-corrected chi connectivity index (χ1v) is 15.1. The lowest BCUT2D eigenvalue weighted by Crippen LogP contribution is -2.32. The highest BCUT2D eigenvalue weighted by Gasteiger charge is 2.34. The summed E-state index contributed by atoms with van der Waals surface area (Å²) >= 11 is 0. The monoisotopic (exact) mass is 596 g/mol. The normalized spacial score (nSPS) is 19.3. The average molecular weight is 597 g/mol. The summed E-state index contributed by atoms with van der Waals surface area (Å²) in [7, 11) is 1.63. The van der Waals surface area contributed by atoms with Crippen LogP contribution in [-0.2, 0) is 4.74 Å². The van der Waals surface area contributed by atoms with Gasteiger partial charge in [0.05, 0.1) is 24.0 Å². The van der Waals surface area contributed by atoms with Crippen LogP contribution in [-0.4, -0.2) is 43.3 Å². The van der Waals surface area contributed by atoms with Gasteiger partial charge in [-0.2, -0.15) is 0 Å². The zero-order valence-corrected chi connectivity index (χ0v) is 25.3. The van der Waals surface area contributed by atoms with E-state index in [1.165, 1.54) is 6.07 Å². The number of rotatable bonds is 8. The Hall–Kier alpha value is -4.63. The van der Waals surface area contributed by atoms with Crippen LogP contribution in [0.4, 0.5) is 10.1 Å². The summed E-state index contributed by atoms with van der Waals surface area (Å²) in [5.41, 5.74) is 9.97. The maximum absolute atomic E-state index is 16.0. The van der Waals surface area contributed by atoms with Gasteiger partial charge in [0.2, 0.25) is 5.43 Å². The highest BCUT2D eigenvalue weighted by atomic mass is 19.1. The molecule has 0 saturated carbocycles. The number of allylic oxidation sites excluding steroid dienone is 12. The summed E-state index contributed by atoms with van der Waals surface area (Å²) in [5.74, 6) is 0.498. The van der Waals surface area contributed by atoms with Gasteiger partial charge in [0.1, 0.15) is 16.8 Å². The molecule has 2 aliphatic carbocycles. The number of hydrogen-bond donors (Lipinski definition) is 2. The molecule has 2 bridgehead atoms. The molecule has 8 nitrogen and oxygen atoms in total. The lowest BCUT2D eigenvalue weighted by Gasteiger charge is -2.30. The van der Waals surface area contributed by atoms with Crippen molar-refractivity contribution in [1.29, 1.82) is 0 Å². The summed E-state index contributed by atoms with van der Waals surface area (Å²) < 4.78 is 29.8. The van der Waals surface area contributed by atoms with Crippen LogP contribution in [0.15, 0.2) is 93.9 Å². The Balaban J connectivity index is 1.48. The first kappa shape index (κ1) is 29.4. The minimum Gasteiger partial charge on any atom is -0.501 e. The van der Waals surface area contributed by atoms with Crippen molar-refractivity contribution in [3.05, 3.63) is 111 Å². The third kappa shape index (κ3) is 5.32. The van der Waals surface area contributed by atoms with E-state index in [1.807, 2.05) is 71.9 Å². The van der Waals surface area contributed by atoms with Crippen molar-refractivity contribution in [2.24, 2.45) is 5.73 Å². The van der Waals surface area contributed by atoms with Gasteiger partial charge in [-0.1, -0.05) is 43.4 Å². The molecule has 1 saturated heterocycles. The predicted octanol–water partition coefficient (Wildman–Crippen LogP) is 5.63. The zero-order chi connectivity index (χ0) is 31.0. The molecule has 1 unspecified atom stereocenters. The van der Waals surface area contributed by atoms with E-state index in [-0.39, 0.29) is 28.4 Å². The number of hydrogen-bond acceptors (Lipinski definition) is 6. The third-order valence-corrected chi connectivity index (χ3v) is 8.43. The molecule has 1 atom stereocenters. The number of methoxy groups -OCH3 is 1. The molecule has 9 heteroatoms. The predicted molar refractivity (Wildman–Crippen MR) is 172 cm³/mol. The molecule has 1 fully saturated rings. The number of anilines is 1. The smallest absolute Gasteiger partial charge is 0.256 e. The van der Waals surface area contributed by atoms with Gasteiger partial charge in [-0.3, -0.25) is 9.59 Å². The molecular formula is C35H37FN4O4. The molecule has 44 heavy (non-hydrogen) atoms. The largest absolute Gasteiger partial charge is 0.501 e. The summed E-state index contributed by atoms with van der Waals surface area (Å²) in [6.07, 6.45) is 20.0. The van der Waals surface area contributed by atoms with Crippen LogP contribution in [0.1, 0.15) is 49.9 Å². The number of carbonyl (C=O) groups is 1. The number of amides is 1. The molecule has 1 amide bonds. The van der Waals surface area contributed by atoms with Gasteiger partial charge in [0.15, 0.2) is 17.3 Å². The molecule has 3 N–H and O–H groups in total. The van der Waals surface area contributed by atoms with Crippen molar-refractivity contribution >= 4 is 28.2 Å². The Morgan fingerprint density at radius 2 is 2.02 bits per heavy atom. The molecule has 0 spiro atoms. The van der Waals surface area contributed by atoms with Gasteiger partial charge in [0.25, 0.3) is 5.91 Å². The molecule has 3 heterocycles. The molecular weight excluding hydrogens is 559 g/mol. The van der Waals surface area contributed by atoms with Crippen LogP contribution in [0, 0.1) is 5.82 Å². The number of aromatic nitrogens is 1. The second-order valence-electron chi connectivity index (χ2n) is 11.4. The van der Waals surface area contributed by atoms with Crippen LogP contribution in [0.3, 0.4) is 0 Å². The van der Waals surface area contributed by atoms with Crippen molar-refractivity contribution in [2.75, 3.05) is 31.6 Å². The molecule has 228 valence electrons. The fourth-order valence-corrected chi connectivity index (χ4v) is 6.35. The molecule has 4 aliphatic rings. The lowest BCUT2D eigenvalue weighted by molar-refractivity contribution is 0.0952. The first-order valence-electron chi connectivity index (χ1n) is 15.1. The van der Waals surface area contributed by atoms with Crippen LogP contribution in [0.2, 0.25) is 0 Å². The number of ether oxygens (including phenoxy) is 2. The second-order valence-corrected chi connectivity index (χ2v) is 11.4. The van der Waals surface area contributed by atoms with E-state index in [4.69, 9.17) is 15.2 Å². The van der Waals surface area contributed by atoms with Crippen molar-refractivity contribution in [3.63, 3.8) is 0 Å². The Labute approximate surface area is 256 Å².